The Morgan fingerprint density at radius 3 is 2.40 bits per heavy atom. The Bertz CT molecular complexity index is 571. The lowest BCUT2D eigenvalue weighted by molar-refractivity contribution is 0.386. The smallest absolute Gasteiger partial charge is 0.246 e. The van der Waals surface area contributed by atoms with Crippen molar-refractivity contribution in [2.75, 3.05) is 13.6 Å². The number of rotatable bonds is 5. The van der Waals surface area contributed by atoms with E-state index < -0.39 is 10.0 Å². The van der Waals surface area contributed by atoms with Crippen molar-refractivity contribution >= 4 is 10.0 Å². The predicted octanol–water partition coefficient (Wildman–Crippen LogP) is 2.17. The minimum Gasteiger partial charge on any atom is -0.465 e. The predicted molar refractivity (Wildman–Crippen MR) is 77.8 cm³/mol. The van der Waals surface area contributed by atoms with Crippen LogP contribution in [0.1, 0.15) is 42.8 Å². The van der Waals surface area contributed by atoms with Crippen LogP contribution in [0.5, 0.6) is 0 Å². The molecule has 1 fully saturated rings. The summed E-state index contributed by atoms with van der Waals surface area (Å²) in [5.74, 6) is 1.50. The molecule has 5 nitrogen and oxygen atoms in total. The summed E-state index contributed by atoms with van der Waals surface area (Å²) in [6.45, 7) is 4.19. The van der Waals surface area contributed by atoms with Crippen LogP contribution in [0.2, 0.25) is 0 Å². The molecule has 6 heteroatoms. The van der Waals surface area contributed by atoms with E-state index in [9.17, 15) is 8.42 Å². The molecule has 1 aliphatic rings. The summed E-state index contributed by atoms with van der Waals surface area (Å²) in [7, 11) is -1.87. The number of sulfonamides is 1. The largest absolute Gasteiger partial charge is 0.465 e. The van der Waals surface area contributed by atoms with E-state index in [1.165, 1.54) is 17.1 Å². The second kappa shape index (κ2) is 5.87. The summed E-state index contributed by atoms with van der Waals surface area (Å²) >= 11 is 0. The molecule has 0 radical (unpaired) electrons. The molecule has 1 aromatic heterocycles. The third-order valence-electron chi connectivity index (χ3n) is 4.19. The van der Waals surface area contributed by atoms with Crippen molar-refractivity contribution in [2.24, 2.45) is 11.7 Å². The molecule has 2 rings (SSSR count). The van der Waals surface area contributed by atoms with Gasteiger partial charge in [-0.1, -0.05) is 12.8 Å². The first kappa shape index (κ1) is 15.5. The monoisotopic (exact) mass is 300 g/mol. The van der Waals surface area contributed by atoms with Crippen LogP contribution in [0.3, 0.4) is 0 Å². The highest BCUT2D eigenvalue weighted by Crippen LogP contribution is 2.31. The van der Waals surface area contributed by atoms with Crippen molar-refractivity contribution in [1.29, 1.82) is 0 Å². The van der Waals surface area contributed by atoms with Gasteiger partial charge in [0, 0.05) is 25.7 Å². The van der Waals surface area contributed by atoms with Crippen molar-refractivity contribution in [3.8, 4) is 0 Å². The van der Waals surface area contributed by atoms with Gasteiger partial charge >= 0.3 is 0 Å². The number of nitrogens with two attached hydrogens (primary N) is 1. The van der Waals surface area contributed by atoms with Gasteiger partial charge in [0.25, 0.3) is 0 Å². The lowest BCUT2D eigenvalue weighted by Crippen LogP contribution is -2.32. The topological polar surface area (TPSA) is 76.5 Å². The normalized spacial score (nSPS) is 17.2. The summed E-state index contributed by atoms with van der Waals surface area (Å²) in [6.07, 6.45) is 4.65. The van der Waals surface area contributed by atoms with E-state index in [4.69, 9.17) is 10.2 Å². The maximum Gasteiger partial charge on any atom is 0.246 e. The molecule has 1 aliphatic carbocycles. The van der Waals surface area contributed by atoms with Crippen LogP contribution < -0.4 is 5.73 Å². The molecule has 0 atom stereocenters. The number of hydrogen-bond acceptors (Lipinski definition) is 4. The minimum atomic E-state index is -3.52. The van der Waals surface area contributed by atoms with Gasteiger partial charge < -0.3 is 10.2 Å². The Hall–Kier alpha value is -0.850. The van der Waals surface area contributed by atoms with Gasteiger partial charge in [0.2, 0.25) is 10.0 Å². The molecule has 0 amide bonds. The molecule has 1 saturated carbocycles. The van der Waals surface area contributed by atoms with Crippen molar-refractivity contribution in [3.05, 3.63) is 17.1 Å². The van der Waals surface area contributed by atoms with Gasteiger partial charge in [0.1, 0.15) is 16.4 Å². The Balaban J connectivity index is 2.29. The molecule has 1 aromatic rings. The summed E-state index contributed by atoms with van der Waals surface area (Å²) < 4.78 is 32.4. The molecule has 2 N–H and O–H groups in total. The number of aryl methyl sites for hydroxylation is 2. The molecule has 0 spiro atoms. The summed E-state index contributed by atoms with van der Waals surface area (Å²) in [5, 5.41) is 0. The van der Waals surface area contributed by atoms with Gasteiger partial charge in [-0.15, -0.1) is 0 Å². The second-order valence-corrected chi connectivity index (χ2v) is 7.64. The molecule has 0 bridgehead atoms. The molecule has 0 unspecified atom stereocenters. The number of furan rings is 1. The van der Waals surface area contributed by atoms with E-state index in [1.807, 2.05) is 0 Å². The first-order chi connectivity index (χ1) is 9.37. The van der Waals surface area contributed by atoms with Crippen molar-refractivity contribution < 1.29 is 12.8 Å². The molecular weight excluding hydrogens is 276 g/mol. The lowest BCUT2D eigenvalue weighted by atomic mass is 10.1. The molecular formula is C14H24N2O3S. The fourth-order valence-corrected chi connectivity index (χ4v) is 4.76. The van der Waals surface area contributed by atoms with E-state index in [0.717, 1.165) is 12.8 Å². The van der Waals surface area contributed by atoms with Gasteiger partial charge in [0.15, 0.2) is 0 Å². The van der Waals surface area contributed by atoms with Crippen LogP contribution in [0.15, 0.2) is 9.31 Å². The summed E-state index contributed by atoms with van der Waals surface area (Å²) in [6, 6.07) is 0. The van der Waals surface area contributed by atoms with Gasteiger partial charge in [-0.25, -0.2) is 12.7 Å². The van der Waals surface area contributed by atoms with Crippen LogP contribution in [-0.4, -0.2) is 26.3 Å². The van der Waals surface area contributed by atoms with E-state index in [0.29, 0.717) is 29.5 Å². The zero-order valence-corrected chi connectivity index (χ0v) is 13.3. The Morgan fingerprint density at radius 1 is 1.25 bits per heavy atom. The van der Waals surface area contributed by atoms with Crippen molar-refractivity contribution in [2.45, 2.75) is 51.0 Å². The van der Waals surface area contributed by atoms with Gasteiger partial charge in [-0.05, 0) is 32.6 Å². The fourth-order valence-electron chi connectivity index (χ4n) is 3.09. The highest BCUT2D eigenvalue weighted by atomic mass is 32.2. The highest BCUT2D eigenvalue weighted by molar-refractivity contribution is 7.89. The molecule has 0 saturated heterocycles. The maximum atomic E-state index is 12.7. The quantitative estimate of drug-likeness (QED) is 0.904. The van der Waals surface area contributed by atoms with Crippen LogP contribution in [0, 0.1) is 19.8 Å². The average molecular weight is 300 g/mol. The van der Waals surface area contributed by atoms with Gasteiger partial charge in [0.05, 0.1) is 0 Å². The summed E-state index contributed by atoms with van der Waals surface area (Å²) in [5.41, 5.74) is 6.28. The summed E-state index contributed by atoms with van der Waals surface area (Å²) in [4.78, 5) is 0.262. The minimum absolute atomic E-state index is 0.176. The molecule has 114 valence electrons. The maximum absolute atomic E-state index is 12.7. The van der Waals surface area contributed by atoms with Gasteiger partial charge in [-0.3, -0.25) is 0 Å². The SMILES string of the molecule is Cc1oc(C)c(S(=O)(=O)N(C)CC2CCCC2)c1CN. The average Bonchev–Trinajstić information content (AvgIpc) is 2.96. The fraction of sp³-hybridized carbons (Fsp3) is 0.714. The first-order valence-electron chi connectivity index (χ1n) is 7.13. The standard InChI is InChI=1S/C14H24N2O3S/c1-10-13(8-15)14(11(2)19-10)20(17,18)16(3)9-12-6-4-5-7-12/h12H,4-9,15H2,1-3H3. The van der Waals surface area contributed by atoms with Crippen LogP contribution in [-0.2, 0) is 16.6 Å². The Morgan fingerprint density at radius 2 is 1.85 bits per heavy atom. The van der Waals surface area contributed by atoms with Crippen molar-refractivity contribution in [1.82, 2.24) is 4.31 Å². The van der Waals surface area contributed by atoms with E-state index in [-0.39, 0.29) is 11.4 Å². The van der Waals surface area contributed by atoms with Gasteiger partial charge in [-0.2, -0.15) is 0 Å². The van der Waals surface area contributed by atoms with E-state index in [1.54, 1.807) is 20.9 Å². The second-order valence-electron chi connectivity index (χ2n) is 5.66. The zero-order chi connectivity index (χ0) is 14.9. The zero-order valence-electron chi connectivity index (χ0n) is 12.5. The number of nitrogens with zero attached hydrogens (tertiary/aromatic N) is 1. The van der Waals surface area contributed by atoms with Crippen LogP contribution >= 0.6 is 0 Å². The lowest BCUT2D eigenvalue weighted by Gasteiger charge is -2.21. The molecule has 0 aromatic carbocycles. The van der Waals surface area contributed by atoms with Crippen LogP contribution in [0.4, 0.5) is 0 Å². The Kier molecular flexibility index (Phi) is 4.56. The third kappa shape index (κ3) is 2.77. The van der Waals surface area contributed by atoms with Crippen molar-refractivity contribution in [3.63, 3.8) is 0 Å². The first-order valence-corrected chi connectivity index (χ1v) is 8.57. The van der Waals surface area contributed by atoms with E-state index in [2.05, 4.69) is 0 Å². The highest BCUT2D eigenvalue weighted by Gasteiger charge is 2.31. The molecule has 1 heterocycles. The molecule has 20 heavy (non-hydrogen) atoms. The Labute approximate surface area is 121 Å². The molecule has 0 aliphatic heterocycles. The van der Waals surface area contributed by atoms with E-state index >= 15 is 0 Å². The van der Waals surface area contributed by atoms with Crippen LogP contribution in [0.25, 0.3) is 0 Å². The number of hydrogen-bond donors (Lipinski definition) is 1. The third-order valence-corrected chi connectivity index (χ3v) is 6.21.